The van der Waals surface area contributed by atoms with Crippen LogP contribution < -0.4 is 15.4 Å². The van der Waals surface area contributed by atoms with Crippen molar-refractivity contribution in [3.8, 4) is 5.75 Å². The summed E-state index contributed by atoms with van der Waals surface area (Å²) in [5.41, 5.74) is 2.14. The van der Waals surface area contributed by atoms with Crippen molar-refractivity contribution in [2.24, 2.45) is 0 Å². The van der Waals surface area contributed by atoms with Crippen LogP contribution in [-0.2, 0) is 9.53 Å². The zero-order valence-electron chi connectivity index (χ0n) is 19.1. The van der Waals surface area contributed by atoms with Crippen molar-refractivity contribution in [3.63, 3.8) is 0 Å². The van der Waals surface area contributed by atoms with Crippen LogP contribution in [0, 0.1) is 0 Å². The third kappa shape index (κ3) is 6.96. The Bertz CT molecular complexity index is 917. The zero-order valence-corrected chi connectivity index (χ0v) is 19.1. The molecule has 0 aromatic heterocycles. The fourth-order valence-corrected chi connectivity index (χ4v) is 4.20. The van der Waals surface area contributed by atoms with Gasteiger partial charge in [-0.25, -0.2) is 0 Å². The number of anilines is 2. The highest BCUT2D eigenvalue weighted by atomic mass is 16.5. The van der Waals surface area contributed by atoms with Crippen LogP contribution in [0.4, 0.5) is 11.4 Å². The number of rotatable bonds is 8. The number of carbonyl (C=O) groups excluding carboxylic acids is 2. The topological polar surface area (TPSA) is 79.9 Å². The van der Waals surface area contributed by atoms with Crippen LogP contribution in [-0.4, -0.2) is 55.7 Å². The highest BCUT2D eigenvalue weighted by Crippen LogP contribution is 2.20. The third-order valence-corrected chi connectivity index (χ3v) is 6.06. The van der Waals surface area contributed by atoms with E-state index in [-0.39, 0.29) is 24.5 Å². The molecule has 2 amide bonds. The van der Waals surface area contributed by atoms with Crippen molar-refractivity contribution >= 4 is 23.2 Å². The van der Waals surface area contributed by atoms with Crippen molar-refractivity contribution < 1.29 is 19.1 Å². The Kier molecular flexibility index (Phi) is 8.19. The molecule has 7 nitrogen and oxygen atoms in total. The average Bonchev–Trinajstić information content (AvgIpc) is 3.22. The van der Waals surface area contributed by atoms with Crippen molar-refractivity contribution in [2.45, 2.75) is 44.6 Å². The molecule has 2 aromatic carbocycles. The molecular weight excluding hydrogens is 418 g/mol. The molecule has 2 saturated heterocycles. The highest BCUT2D eigenvalue weighted by molar-refractivity contribution is 5.96. The minimum absolute atomic E-state index is 0.0676. The standard InChI is InChI=1S/C26H33N3O4/c30-25(18-27-22-7-5-8-23(17-22)33-19-24-9-6-16-32-24)28-21-12-10-20(11-13-21)26(31)29-14-3-1-2-4-15-29/h5,7-8,10-13,17,24,27H,1-4,6,9,14-16,18-19H2,(H,28,30). The van der Waals surface area contributed by atoms with Gasteiger partial charge < -0.3 is 25.0 Å². The molecule has 7 heteroatoms. The van der Waals surface area contributed by atoms with E-state index in [1.807, 2.05) is 29.2 Å². The van der Waals surface area contributed by atoms with Gasteiger partial charge in [-0.2, -0.15) is 0 Å². The number of ether oxygens (including phenoxy) is 2. The van der Waals surface area contributed by atoms with Crippen LogP contribution >= 0.6 is 0 Å². The zero-order chi connectivity index (χ0) is 22.9. The van der Waals surface area contributed by atoms with Gasteiger partial charge in [0.1, 0.15) is 12.4 Å². The van der Waals surface area contributed by atoms with Gasteiger partial charge in [-0.3, -0.25) is 9.59 Å². The Balaban J connectivity index is 1.23. The minimum Gasteiger partial charge on any atom is -0.491 e. The van der Waals surface area contributed by atoms with Gasteiger partial charge in [-0.15, -0.1) is 0 Å². The molecule has 2 N–H and O–H groups in total. The first kappa shape index (κ1) is 23.1. The summed E-state index contributed by atoms with van der Waals surface area (Å²) in [6.07, 6.45) is 6.80. The average molecular weight is 452 g/mol. The molecule has 0 bridgehead atoms. The lowest BCUT2D eigenvalue weighted by atomic mass is 10.1. The predicted octanol–water partition coefficient (Wildman–Crippen LogP) is 4.31. The molecule has 2 fully saturated rings. The molecule has 2 aromatic rings. The first-order valence-corrected chi connectivity index (χ1v) is 11.9. The molecule has 2 heterocycles. The summed E-state index contributed by atoms with van der Waals surface area (Å²) in [4.78, 5) is 27.0. The number of carbonyl (C=O) groups is 2. The monoisotopic (exact) mass is 451 g/mol. The normalized spacial score (nSPS) is 18.4. The van der Waals surface area contributed by atoms with Gasteiger partial charge in [0.15, 0.2) is 0 Å². The molecular formula is C26H33N3O4. The van der Waals surface area contributed by atoms with Crippen molar-refractivity contribution in [2.75, 3.05) is 43.5 Å². The third-order valence-electron chi connectivity index (χ3n) is 6.06. The van der Waals surface area contributed by atoms with Gasteiger partial charge in [0, 0.05) is 42.7 Å². The van der Waals surface area contributed by atoms with E-state index in [1.165, 1.54) is 12.8 Å². The van der Waals surface area contributed by atoms with E-state index in [0.717, 1.165) is 56.8 Å². The number of amides is 2. The summed E-state index contributed by atoms with van der Waals surface area (Å²) < 4.78 is 11.4. The van der Waals surface area contributed by atoms with E-state index in [2.05, 4.69) is 10.6 Å². The second-order valence-electron chi connectivity index (χ2n) is 8.66. The number of likely N-dealkylation sites (tertiary alicyclic amines) is 1. The molecule has 0 aliphatic carbocycles. The van der Waals surface area contributed by atoms with Crippen molar-refractivity contribution in [1.29, 1.82) is 0 Å². The number of benzene rings is 2. The number of hydrogen-bond donors (Lipinski definition) is 2. The molecule has 1 unspecified atom stereocenters. The first-order valence-electron chi connectivity index (χ1n) is 11.9. The summed E-state index contributed by atoms with van der Waals surface area (Å²) >= 11 is 0. The summed E-state index contributed by atoms with van der Waals surface area (Å²) in [5, 5.41) is 6.00. The fourth-order valence-electron chi connectivity index (χ4n) is 4.20. The molecule has 0 saturated carbocycles. The minimum atomic E-state index is -0.160. The summed E-state index contributed by atoms with van der Waals surface area (Å²) in [6.45, 7) is 3.12. The smallest absolute Gasteiger partial charge is 0.253 e. The number of nitrogens with one attached hydrogen (secondary N) is 2. The predicted molar refractivity (Wildman–Crippen MR) is 129 cm³/mol. The van der Waals surface area contributed by atoms with E-state index < -0.39 is 0 Å². The van der Waals surface area contributed by atoms with Crippen LogP contribution in [0.3, 0.4) is 0 Å². The van der Waals surface area contributed by atoms with Crippen molar-refractivity contribution in [3.05, 3.63) is 54.1 Å². The van der Waals surface area contributed by atoms with Crippen LogP contribution in [0.1, 0.15) is 48.9 Å². The van der Waals surface area contributed by atoms with E-state index in [9.17, 15) is 9.59 Å². The van der Waals surface area contributed by atoms with Gasteiger partial charge in [0.25, 0.3) is 5.91 Å². The maximum absolute atomic E-state index is 12.7. The molecule has 0 spiro atoms. The molecule has 2 aliphatic rings. The Labute approximate surface area is 195 Å². The summed E-state index contributed by atoms with van der Waals surface area (Å²) in [5.74, 6) is 0.658. The molecule has 176 valence electrons. The van der Waals surface area contributed by atoms with Gasteiger partial charge in [-0.1, -0.05) is 18.9 Å². The lowest BCUT2D eigenvalue weighted by molar-refractivity contribution is -0.114. The first-order chi connectivity index (χ1) is 16.2. The summed E-state index contributed by atoms with van der Waals surface area (Å²) in [7, 11) is 0. The maximum atomic E-state index is 12.7. The lowest BCUT2D eigenvalue weighted by Gasteiger charge is -2.20. The fraction of sp³-hybridized carbons (Fsp3) is 0.462. The van der Waals surface area contributed by atoms with Crippen molar-refractivity contribution in [1.82, 2.24) is 4.90 Å². The molecule has 4 rings (SSSR count). The van der Waals surface area contributed by atoms with Gasteiger partial charge in [0.05, 0.1) is 12.6 Å². The summed E-state index contributed by atoms with van der Waals surface area (Å²) in [6, 6.07) is 14.7. The van der Waals surface area contributed by atoms with Crippen LogP contribution in [0.2, 0.25) is 0 Å². The Morgan fingerprint density at radius 3 is 2.48 bits per heavy atom. The largest absolute Gasteiger partial charge is 0.491 e. The number of nitrogens with zero attached hydrogens (tertiary/aromatic N) is 1. The Hall–Kier alpha value is -3.06. The van der Waals surface area contributed by atoms with E-state index in [1.54, 1.807) is 24.3 Å². The van der Waals surface area contributed by atoms with Crippen LogP contribution in [0.5, 0.6) is 5.75 Å². The molecule has 0 radical (unpaired) electrons. The highest BCUT2D eigenvalue weighted by Gasteiger charge is 2.18. The van der Waals surface area contributed by atoms with Gasteiger partial charge >= 0.3 is 0 Å². The second kappa shape index (κ2) is 11.7. The SMILES string of the molecule is O=C(CNc1cccc(OCC2CCCO2)c1)Nc1ccc(C(=O)N2CCCCCC2)cc1. The van der Waals surface area contributed by atoms with Gasteiger partial charge in [0.2, 0.25) is 5.91 Å². The lowest BCUT2D eigenvalue weighted by Crippen LogP contribution is -2.31. The molecule has 1 atom stereocenters. The van der Waals surface area contributed by atoms with Crippen LogP contribution in [0.25, 0.3) is 0 Å². The Morgan fingerprint density at radius 1 is 0.970 bits per heavy atom. The van der Waals surface area contributed by atoms with Gasteiger partial charge in [-0.05, 0) is 62.1 Å². The maximum Gasteiger partial charge on any atom is 0.253 e. The van der Waals surface area contributed by atoms with Crippen LogP contribution in [0.15, 0.2) is 48.5 Å². The molecule has 2 aliphatic heterocycles. The number of hydrogen-bond acceptors (Lipinski definition) is 5. The molecule has 33 heavy (non-hydrogen) atoms. The quantitative estimate of drug-likeness (QED) is 0.625. The van der Waals surface area contributed by atoms with E-state index in [0.29, 0.717) is 17.9 Å². The second-order valence-corrected chi connectivity index (χ2v) is 8.66. The Morgan fingerprint density at radius 2 is 1.76 bits per heavy atom. The van der Waals surface area contributed by atoms with E-state index in [4.69, 9.17) is 9.47 Å². The van der Waals surface area contributed by atoms with E-state index >= 15 is 0 Å².